The predicted molar refractivity (Wildman–Crippen MR) is 78.7 cm³/mol. The van der Waals surface area contributed by atoms with Gasteiger partial charge in [-0.3, -0.25) is 4.21 Å². The minimum Gasteiger partial charge on any atom is -0.760 e. The lowest BCUT2D eigenvalue weighted by molar-refractivity contribution is 0.430. The Bertz CT molecular complexity index is 668. The molecule has 0 saturated heterocycles. The molecule has 0 amide bonds. The summed E-state index contributed by atoms with van der Waals surface area (Å²) in [6, 6.07) is 6.29. The number of aromatic amines is 1. The third-order valence-electron chi connectivity index (χ3n) is 3.95. The van der Waals surface area contributed by atoms with Crippen molar-refractivity contribution in [3.05, 3.63) is 35.0 Å². The van der Waals surface area contributed by atoms with Crippen LogP contribution in [0.3, 0.4) is 0 Å². The molecule has 2 atom stereocenters. The molecule has 6 heteroatoms. The summed E-state index contributed by atoms with van der Waals surface area (Å²) in [6.07, 6.45) is 2.90. The van der Waals surface area contributed by atoms with E-state index in [2.05, 4.69) is 11.1 Å². The average molecular weight is 292 g/mol. The van der Waals surface area contributed by atoms with Crippen molar-refractivity contribution in [1.82, 2.24) is 9.29 Å². The highest BCUT2D eigenvalue weighted by atomic mass is 32.2. The minimum atomic E-state index is -2.19. The van der Waals surface area contributed by atoms with E-state index in [9.17, 15) is 8.76 Å². The van der Waals surface area contributed by atoms with E-state index in [1.54, 1.807) is 7.05 Å². The number of benzene rings is 1. The Labute approximate surface area is 120 Å². The second-order valence-corrected chi connectivity index (χ2v) is 6.53. The van der Waals surface area contributed by atoms with E-state index in [1.807, 2.05) is 12.1 Å². The molecule has 20 heavy (non-hydrogen) atoms. The Balaban J connectivity index is 1.98. The molecule has 0 radical (unpaired) electrons. The number of rotatable bonds is 3. The van der Waals surface area contributed by atoms with Crippen LogP contribution in [0.15, 0.2) is 18.2 Å². The fraction of sp³-hybridized carbons (Fsp3) is 0.429. The van der Waals surface area contributed by atoms with Crippen LogP contribution >= 0.6 is 0 Å². The summed E-state index contributed by atoms with van der Waals surface area (Å²) in [6.45, 7) is 0.387. The number of aromatic nitrogens is 1. The van der Waals surface area contributed by atoms with E-state index in [1.165, 1.54) is 20.9 Å². The van der Waals surface area contributed by atoms with Crippen molar-refractivity contribution in [2.75, 3.05) is 7.05 Å². The first-order chi connectivity index (χ1) is 9.54. The summed E-state index contributed by atoms with van der Waals surface area (Å²) in [5.41, 5.74) is 10.7. The Morgan fingerprint density at radius 2 is 2.35 bits per heavy atom. The molecule has 2 aromatic rings. The molecular formula is C14H18N3O2S-. The van der Waals surface area contributed by atoms with Gasteiger partial charge in [0.05, 0.1) is 0 Å². The first kappa shape index (κ1) is 13.8. The lowest BCUT2D eigenvalue weighted by Gasteiger charge is -2.19. The lowest BCUT2D eigenvalue weighted by atomic mass is 9.92. The van der Waals surface area contributed by atoms with Crippen LogP contribution in [0.25, 0.3) is 10.9 Å². The topological polar surface area (TPSA) is 85.2 Å². The van der Waals surface area contributed by atoms with Crippen molar-refractivity contribution in [1.29, 1.82) is 0 Å². The highest BCUT2D eigenvalue weighted by Gasteiger charge is 2.20. The Morgan fingerprint density at radius 1 is 1.55 bits per heavy atom. The van der Waals surface area contributed by atoms with Gasteiger partial charge in [0, 0.05) is 40.4 Å². The molecule has 0 spiro atoms. The molecule has 1 aromatic heterocycles. The first-order valence-corrected chi connectivity index (χ1v) is 7.76. The Hall–Kier alpha value is -1.21. The maximum atomic E-state index is 10.9. The van der Waals surface area contributed by atoms with Gasteiger partial charge in [-0.15, -0.1) is 0 Å². The van der Waals surface area contributed by atoms with Gasteiger partial charge in [0.2, 0.25) is 0 Å². The van der Waals surface area contributed by atoms with Gasteiger partial charge < -0.3 is 15.3 Å². The number of hydrogen-bond acceptors (Lipinski definition) is 3. The SMILES string of the molecule is CN(Cc1ccc2[nH]c3c(c2c1)CC(N)CC3)S(=O)[O-]. The fourth-order valence-electron chi connectivity index (χ4n) is 2.90. The molecule has 2 unspecified atom stereocenters. The second kappa shape index (κ2) is 5.29. The van der Waals surface area contributed by atoms with Crippen LogP contribution in [-0.4, -0.2) is 31.1 Å². The molecular weight excluding hydrogens is 274 g/mol. The highest BCUT2D eigenvalue weighted by molar-refractivity contribution is 7.76. The largest absolute Gasteiger partial charge is 0.760 e. The van der Waals surface area contributed by atoms with Gasteiger partial charge in [0.25, 0.3) is 0 Å². The first-order valence-electron chi connectivity index (χ1n) is 6.73. The second-order valence-electron chi connectivity index (χ2n) is 5.47. The van der Waals surface area contributed by atoms with Crippen molar-refractivity contribution in [2.45, 2.75) is 31.8 Å². The number of hydrogen-bond donors (Lipinski definition) is 2. The average Bonchev–Trinajstić information content (AvgIpc) is 2.76. The number of nitrogens with two attached hydrogens (primary N) is 1. The van der Waals surface area contributed by atoms with E-state index >= 15 is 0 Å². The Kier molecular flexibility index (Phi) is 3.64. The number of nitrogens with zero attached hydrogens (tertiary/aromatic N) is 1. The van der Waals surface area contributed by atoms with E-state index in [4.69, 9.17) is 5.73 Å². The molecule has 1 aliphatic carbocycles. The summed E-state index contributed by atoms with van der Waals surface area (Å²) in [7, 11) is 1.57. The standard InChI is InChI=1S/C14H19N3O2S/c1-17(20(18)19)8-9-2-4-13-11(6-9)12-7-10(15)3-5-14(12)16-13/h2,4,6,10,16H,3,5,7-8,15H2,1H3,(H,18,19)/p-1. The smallest absolute Gasteiger partial charge is 0.0459 e. The molecule has 0 bridgehead atoms. The fourth-order valence-corrected chi connectivity index (χ4v) is 3.15. The summed E-state index contributed by atoms with van der Waals surface area (Å²) < 4.78 is 23.1. The monoisotopic (exact) mass is 292 g/mol. The van der Waals surface area contributed by atoms with Gasteiger partial charge in [-0.1, -0.05) is 6.07 Å². The zero-order chi connectivity index (χ0) is 14.3. The highest BCUT2D eigenvalue weighted by Crippen LogP contribution is 2.29. The zero-order valence-electron chi connectivity index (χ0n) is 11.4. The summed E-state index contributed by atoms with van der Waals surface area (Å²) >= 11 is -2.19. The van der Waals surface area contributed by atoms with Gasteiger partial charge >= 0.3 is 0 Å². The summed E-state index contributed by atoms with van der Waals surface area (Å²) in [5.74, 6) is 0. The van der Waals surface area contributed by atoms with Crippen LogP contribution in [-0.2, 0) is 30.7 Å². The zero-order valence-corrected chi connectivity index (χ0v) is 12.2. The van der Waals surface area contributed by atoms with Crippen LogP contribution in [0.5, 0.6) is 0 Å². The predicted octanol–water partition coefficient (Wildman–Crippen LogP) is 1.21. The third-order valence-corrected chi connectivity index (χ3v) is 4.59. The maximum absolute atomic E-state index is 10.9. The van der Waals surface area contributed by atoms with Gasteiger partial charge in [0.1, 0.15) is 0 Å². The number of nitrogens with one attached hydrogen (secondary N) is 1. The summed E-state index contributed by atoms with van der Waals surface area (Å²) in [5, 5.41) is 1.18. The summed E-state index contributed by atoms with van der Waals surface area (Å²) in [4.78, 5) is 3.45. The van der Waals surface area contributed by atoms with E-state index in [0.717, 1.165) is 30.3 Å². The Morgan fingerprint density at radius 3 is 3.10 bits per heavy atom. The number of aryl methyl sites for hydroxylation is 1. The molecule has 1 aromatic carbocycles. The van der Waals surface area contributed by atoms with Crippen LogP contribution in [0.1, 0.15) is 23.2 Å². The molecule has 1 heterocycles. The maximum Gasteiger partial charge on any atom is 0.0459 e. The molecule has 1 aliphatic rings. The number of fused-ring (bicyclic) bond motifs is 3. The van der Waals surface area contributed by atoms with Crippen LogP contribution < -0.4 is 5.73 Å². The van der Waals surface area contributed by atoms with Crippen molar-refractivity contribution in [3.63, 3.8) is 0 Å². The van der Waals surface area contributed by atoms with E-state index in [0.29, 0.717) is 6.54 Å². The van der Waals surface area contributed by atoms with E-state index < -0.39 is 11.3 Å². The molecule has 5 nitrogen and oxygen atoms in total. The van der Waals surface area contributed by atoms with Gasteiger partial charge in [0.15, 0.2) is 0 Å². The van der Waals surface area contributed by atoms with Crippen molar-refractivity contribution in [3.8, 4) is 0 Å². The molecule has 108 valence electrons. The van der Waals surface area contributed by atoms with Crippen LogP contribution in [0.2, 0.25) is 0 Å². The van der Waals surface area contributed by atoms with Gasteiger partial charge in [-0.05, 0) is 49.6 Å². The van der Waals surface area contributed by atoms with Crippen molar-refractivity contribution in [2.24, 2.45) is 5.73 Å². The van der Waals surface area contributed by atoms with Crippen molar-refractivity contribution < 1.29 is 8.76 Å². The molecule has 0 aliphatic heterocycles. The van der Waals surface area contributed by atoms with Gasteiger partial charge in [-0.2, -0.15) is 0 Å². The van der Waals surface area contributed by atoms with Crippen LogP contribution in [0.4, 0.5) is 0 Å². The van der Waals surface area contributed by atoms with Gasteiger partial charge in [-0.25, -0.2) is 4.31 Å². The lowest BCUT2D eigenvalue weighted by Crippen LogP contribution is -2.27. The normalized spacial score (nSPS) is 20.3. The van der Waals surface area contributed by atoms with Crippen LogP contribution in [0, 0.1) is 0 Å². The third kappa shape index (κ3) is 2.52. The van der Waals surface area contributed by atoms with E-state index in [-0.39, 0.29) is 6.04 Å². The molecule has 3 rings (SSSR count). The minimum absolute atomic E-state index is 0.224. The number of H-pyrrole nitrogens is 1. The quantitative estimate of drug-likeness (QED) is 0.834. The molecule has 0 saturated carbocycles. The molecule has 3 N–H and O–H groups in total. The molecule has 0 fully saturated rings. The van der Waals surface area contributed by atoms with Crippen molar-refractivity contribution >= 4 is 22.2 Å².